The van der Waals surface area contributed by atoms with Crippen LogP contribution in [0, 0.1) is 5.41 Å². The Kier molecular flexibility index (Phi) is 4.53. The van der Waals surface area contributed by atoms with Gasteiger partial charge in [-0.2, -0.15) is 10.3 Å². The zero-order valence-electron chi connectivity index (χ0n) is 13.6. The maximum absolute atomic E-state index is 12.7. The number of benzene rings is 1. The van der Waals surface area contributed by atoms with E-state index in [2.05, 4.69) is 10.6 Å². The first kappa shape index (κ1) is 16.5. The van der Waals surface area contributed by atoms with E-state index in [-0.39, 0.29) is 17.5 Å². The largest absolute Gasteiger partial charge is 0.385 e. The standard InChI is InChI=1S/C16H23N3O3/c1-10(2)22-18-19-14(13(20)16(3,4)5)17-12-9-7-6-8-11(12)15(19)21/h6-10,13,18,20H,1-5H3/t13-/m1/s1. The molecule has 1 aromatic carbocycles. The summed E-state index contributed by atoms with van der Waals surface area (Å²) in [6.07, 6.45) is -1.05. The molecule has 0 saturated heterocycles. The first-order valence-electron chi connectivity index (χ1n) is 7.33. The Hall–Kier alpha value is -1.92. The minimum Gasteiger partial charge on any atom is -0.385 e. The van der Waals surface area contributed by atoms with E-state index >= 15 is 0 Å². The normalized spacial score (nSPS) is 13.6. The number of nitrogens with zero attached hydrogens (tertiary/aromatic N) is 2. The van der Waals surface area contributed by atoms with Gasteiger partial charge in [0, 0.05) is 0 Å². The summed E-state index contributed by atoms with van der Waals surface area (Å²) in [5.74, 6) is 0.233. The Bertz CT molecular complexity index is 717. The van der Waals surface area contributed by atoms with Crippen LogP contribution in [0.1, 0.15) is 46.5 Å². The van der Waals surface area contributed by atoms with Gasteiger partial charge >= 0.3 is 0 Å². The zero-order valence-corrected chi connectivity index (χ0v) is 13.6. The van der Waals surface area contributed by atoms with Crippen molar-refractivity contribution in [3.63, 3.8) is 0 Å². The van der Waals surface area contributed by atoms with E-state index in [0.29, 0.717) is 10.9 Å². The molecule has 2 N–H and O–H groups in total. The molecule has 1 aromatic heterocycles. The molecule has 1 atom stereocenters. The highest BCUT2D eigenvalue weighted by atomic mass is 16.7. The SMILES string of the molecule is CC(C)ONn1c([C@@H](O)C(C)(C)C)nc2ccccc2c1=O. The summed E-state index contributed by atoms with van der Waals surface area (Å²) in [5.41, 5.74) is 2.39. The predicted molar refractivity (Wildman–Crippen MR) is 86.0 cm³/mol. The minimum atomic E-state index is -0.923. The Morgan fingerprint density at radius 2 is 1.91 bits per heavy atom. The molecular weight excluding hydrogens is 282 g/mol. The molecule has 2 rings (SSSR count). The van der Waals surface area contributed by atoms with E-state index in [1.807, 2.05) is 40.7 Å². The van der Waals surface area contributed by atoms with Crippen molar-refractivity contribution in [2.24, 2.45) is 5.41 Å². The van der Waals surface area contributed by atoms with Gasteiger partial charge in [0.15, 0.2) is 5.82 Å². The van der Waals surface area contributed by atoms with E-state index in [0.717, 1.165) is 0 Å². The maximum atomic E-state index is 12.7. The molecular formula is C16H23N3O3. The van der Waals surface area contributed by atoms with Crippen molar-refractivity contribution < 1.29 is 9.94 Å². The third kappa shape index (κ3) is 3.28. The number of aliphatic hydroxyl groups excluding tert-OH is 1. The number of fused-ring (bicyclic) bond motifs is 1. The molecule has 0 radical (unpaired) electrons. The van der Waals surface area contributed by atoms with Crippen molar-refractivity contribution in [2.45, 2.75) is 46.8 Å². The number of nitrogens with one attached hydrogen (secondary N) is 1. The minimum absolute atomic E-state index is 0.127. The van der Waals surface area contributed by atoms with Crippen molar-refractivity contribution in [2.75, 3.05) is 5.59 Å². The molecule has 22 heavy (non-hydrogen) atoms. The Balaban J connectivity index is 2.65. The first-order chi connectivity index (χ1) is 10.2. The molecule has 0 aliphatic carbocycles. The number of hydrogen-bond acceptors (Lipinski definition) is 5. The molecule has 0 saturated carbocycles. The van der Waals surface area contributed by atoms with Gasteiger partial charge in [0.05, 0.1) is 17.0 Å². The molecule has 0 unspecified atom stereocenters. The van der Waals surface area contributed by atoms with Crippen molar-refractivity contribution in [3.05, 3.63) is 40.4 Å². The van der Waals surface area contributed by atoms with Crippen LogP contribution in [0.4, 0.5) is 0 Å². The third-order valence-electron chi connectivity index (χ3n) is 3.25. The molecule has 0 spiro atoms. The second kappa shape index (κ2) is 6.06. The summed E-state index contributed by atoms with van der Waals surface area (Å²) in [4.78, 5) is 22.4. The monoisotopic (exact) mass is 305 g/mol. The van der Waals surface area contributed by atoms with Crippen molar-refractivity contribution in [3.8, 4) is 0 Å². The van der Waals surface area contributed by atoms with Crippen LogP contribution in [-0.4, -0.2) is 20.9 Å². The van der Waals surface area contributed by atoms with Crippen LogP contribution in [-0.2, 0) is 4.84 Å². The summed E-state index contributed by atoms with van der Waals surface area (Å²) in [5, 5.41) is 11.0. The average molecular weight is 305 g/mol. The summed E-state index contributed by atoms with van der Waals surface area (Å²) >= 11 is 0. The van der Waals surface area contributed by atoms with Gasteiger partial charge < -0.3 is 5.11 Å². The van der Waals surface area contributed by atoms with Gasteiger partial charge in [-0.05, 0) is 31.4 Å². The summed E-state index contributed by atoms with van der Waals surface area (Å²) in [6, 6.07) is 7.04. The Labute approximate surface area is 129 Å². The van der Waals surface area contributed by atoms with Crippen LogP contribution < -0.4 is 11.1 Å². The highest BCUT2D eigenvalue weighted by Crippen LogP contribution is 2.31. The van der Waals surface area contributed by atoms with E-state index in [4.69, 9.17) is 4.84 Å². The molecule has 0 aliphatic rings. The number of hydrogen-bond donors (Lipinski definition) is 2. The maximum Gasteiger partial charge on any atom is 0.281 e. The highest BCUT2D eigenvalue weighted by molar-refractivity contribution is 5.77. The van der Waals surface area contributed by atoms with E-state index in [1.54, 1.807) is 18.2 Å². The molecule has 0 bridgehead atoms. The van der Waals surface area contributed by atoms with E-state index in [1.165, 1.54) is 4.68 Å². The summed E-state index contributed by atoms with van der Waals surface area (Å²) in [7, 11) is 0. The summed E-state index contributed by atoms with van der Waals surface area (Å²) < 4.78 is 1.18. The molecule has 0 fully saturated rings. The van der Waals surface area contributed by atoms with Crippen LogP contribution in [0.25, 0.3) is 10.9 Å². The molecule has 6 nitrogen and oxygen atoms in total. The number of para-hydroxylation sites is 1. The zero-order chi connectivity index (χ0) is 16.5. The third-order valence-corrected chi connectivity index (χ3v) is 3.25. The lowest BCUT2D eigenvalue weighted by Crippen LogP contribution is -2.37. The predicted octanol–water partition coefficient (Wildman–Crippen LogP) is 2.36. The average Bonchev–Trinajstić information content (AvgIpc) is 2.44. The fourth-order valence-electron chi connectivity index (χ4n) is 1.97. The van der Waals surface area contributed by atoms with Crippen LogP contribution in [0.2, 0.25) is 0 Å². The van der Waals surface area contributed by atoms with Crippen molar-refractivity contribution in [1.82, 2.24) is 9.66 Å². The number of aliphatic hydroxyl groups is 1. The molecule has 120 valence electrons. The fourth-order valence-corrected chi connectivity index (χ4v) is 1.97. The van der Waals surface area contributed by atoms with Crippen LogP contribution in [0.5, 0.6) is 0 Å². The van der Waals surface area contributed by atoms with Crippen LogP contribution in [0.15, 0.2) is 29.1 Å². The highest BCUT2D eigenvalue weighted by Gasteiger charge is 2.29. The lowest BCUT2D eigenvalue weighted by molar-refractivity contribution is 0.0409. The fraction of sp³-hybridized carbons (Fsp3) is 0.500. The molecule has 1 heterocycles. The van der Waals surface area contributed by atoms with Crippen molar-refractivity contribution in [1.29, 1.82) is 0 Å². The van der Waals surface area contributed by atoms with Gasteiger partial charge in [0.2, 0.25) is 0 Å². The van der Waals surface area contributed by atoms with Gasteiger partial charge in [-0.15, -0.1) is 0 Å². The second-order valence-electron chi connectivity index (χ2n) is 6.65. The second-order valence-corrected chi connectivity index (χ2v) is 6.65. The lowest BCUT2D eigenvalue weighted by Gasteiger charge is -2.27. The quantitative estimate of drug-likeness (QED) is 0.848. The smallest absolute Gasteiger partial charge is 0.281 e. The van der Waals surface area contributed by atoms with Gasteiger partial charge in [0.1, 0.15) is 6.10 Å². The summed E-state index contributed by atoms with van der Waals surface area (Å²) in [6.45, 7) is 9.32. The van der Waals surface area contributed by atoms with Gasteiger partial charge in [-0.1, -0.05) is 32.9 Å². The molecule has 6 heteroatoms. The Morgan fingerprint density at radius 1 is 1.27 bits per heavy atom. The lowest BCUT2D eigenvalue weighted by atomic mass is 9.88. The van der Waals surface area contributed by atoms with E-state index in [9.17, 15) is 9.90 Å². The number of rotatable bonds is 4. The van der Waals surface area contributed by atoms with Gasteiger partial charge in [-0.3, -0.25) is 9.63 Å². The molecule has 0 aliphatic heterocycles. The number of aromatic nitrogens is 2. The van der Waals surface area contributed by atoms with Crippen LogP contribution in [0.3, 0.4) is 0 Å². The first-order valence-corrected chi connectivity index (χ1v) is 7.33. The van der Waals surface area contributed by atoms with E-state index < -0.39 is 11.5 Å². The Morgan fingerprint density at radius 3 is 2.50 bits per heavy atom. The van der Waals surface area contributed by atoms with Gasteiger partial charge in [-0.25, -0.2) is 4.98 Å². The van der Waals surface area contributed by atoms with Crippen LogP contribution >= 0.6 is 0 Å². The topological polar surface area (TPSA) is 76.4 Å². The van der Waals surface area contributed by atoms with Gasteiger partial charge in [0.25, 0.3) is 5.56 Å². The molecule has 0 amide bonds. The van der Waals surface area contributed by atoms with Crippen molar-refractivity contribution >= 4 is 10.9 Å². The molecule has 2 aromatic rings.